The Morgan fingerprint density at radius 1 is 1.11 bits per heavy atom. The monoisotopic (exact) mass is 402 g/mol. The molecular weight excluding hydrogens is 387 g/mol. The van der Waals surface area contributed by atoms with Gasteiger partial charge < -0.3 is 5.32 Å². The number of amides is 1. The maximum absolute atomic E-state index is 12.1. The van der Waals surface area contributed by atoms with Gasteiger partial charge >= 0.3 is 0 Å². The zero-order chi connectivity index (χ0) is 19.2. The van der Waals surface area contributed by atoms with Crippen LogP contribution in [-0.2, 0) is 11.3 Å². The summed E-state index contributed by atoms with van der Waals surface area (Å²) in [6, 6.07) is 11.7. The molecule has 1 amide bonds. The molecule has 0 aliphatic carbocycles. The Bertz CT molecular complexity index is 1010. The number of benzene rings is 1. The fraction of sp³-hybridized carbons (Fsp3) is 0.158. The molecule has 0 unspecified atom stereocenters. The highest BCUT2D eigenvalue weighted by Crippen LogP contribution is 2.25. The molecule has 0 aliphatic rings. The van der Waals surface area contributed by atoms with Crippen molar-refractivity contribution >= 4 is 34.8 Å². The second kappa shape index (κ2) is 8.79. The molecule has 2 heterocycles. The van der Waals surface area contributed by atoms with E-state index in [1.165, 1.54) is 10.7 Å². The van der Waals surface area contributed by atoms with Crippen LogP contribution in [-0.4, -0.2) is 20.7 Å². The van der Waals surface area contributed by atoms with Gasteiger partial charge in [0.1, 0.15) is 0 Å². The van der Waals surface area contributed by atoms with Gasteiger partial charge in [-0.3, -0.25) is 14.6 Å². The summed E-state index contributed by atoms with van der Waals surface area (Å²) in [6.07, 6.45) is 4.07. The van der Waals surface area contributed by atoms with Gasteiger partial charge in [0.05, 0.1) is 15.7 Å². The number of hydrogen-bond acceptors (Lipinski definition) is 4. The fourth-order valence-corrected chi connectivity index (χ4v) is 2.76. The van der Waals surface area contributed by atoms with E-state index in [9.17, 15) is 9.59 Å². The predicted molar refractivity (Wildman–Crippen MR) is 106 cm³/mol. The number of rotatable bonds is 6. The molecule has 6 nitrogen and oxygen atoms in total. The Morgan fingerprint density at radius 2 is 1.96 bits per heavy atom. The lowest BCUT2D eigenvalue weighted by Gasteiger charge is -2.08. The molecule has 0 aliphatic heterocycles. The third kappa shape index (κ3) is 5.15. The first-order chi connectivity index (χ1) is 13.0. The summed E-state index contributed by atoms with van der Waals surface area (Å²) in [6.45, 7) is 0.335. The van der Waals surface area contributed by atoms with Crippen LogP contribution in [0.3, 0.4) is 0 Å². The van der Waals surface area contributed by atoms with Crippen LogP contribution in [0.1, 0.15) is 12.8 Å². The second-order valence-electron chi connectivity index (χ2n) is 5.80. The summed E-state index contributed by atoms with van der Waals surface area (Å²) >= 11 is 11.8. The van der Waals surface area contributed by atoms with Gasteiger partial charge in [0.25, 0.3) is 5.56 Å². The number of anilines is 1. The average molecular weight is 403 g/mol. The van der Waals surface area contributed by atoms with Crippen molar-refractivity contribution in [2.75, 3.05) is 5.32 Å². The Balaban J connectivity index is 1.59. The summed E-state index contributed by atoms with van der Waals surface area (Å²) < 4.78 is 1.36. The van der Waals surface area contributed by atoms with E-state index >= 15 is 0 Å². The van der Waals surface area contributed by atoms with Gasteiger partial charge in [-0.1, -0.05) is 23.2 Å². The Morgan fingerprint density at radius 3 is 2.70 bits per heavy atom. The van der Waals surface area contributed by atoms with Crippen LogP contribution in [0.5, 0.6) is 0 Å². The molecule has 0 saturated heterocycles. The fourth-order valence-electron chi connectivity index (χ4n) is 2.46. The van der Waals surface area contributed by atoms with E-state index < -0.39 is 0 Å². The second-order valence-corrected chi connectivity index (χ2v) is 6.62. The average Bonchev–Trinajstić information content (AvgIpc) is 2.67. The van der Waals surface area contributed by atoms with Crippen LogP contribution in [0.15, 0.2) is 59.7 Å². The molecule has 0 spiro atoms. The normalized spacial score (nSPS) is 10.6. The van der Waals surface area contributed by atoms with Gasteiger partial charge in [-0.2, -0.15) is 5.10 Å². The van der Waals surface area contributed by atoms with Crippen LogP contribution >= 0.6 is 23.2 Å². The molecule has 8 heteroatoms. The van der Waals surface area contributed by atoms with Crippen molar-refractivity contribution < 1.29 is 4.79 Å². The minimum absolute atomic E-state index is 0.176. The lowest BCUT2D eigenvalue weighted by atomic mass is 10.2. The lowest BCUT2D eigenvalue weighted by molar-refractivity contribution is -0.116. The maximum Gasteiger partial charge on any atom is 0.266 e. The SMILES string of the molecule is O=C(CCCn1nc(-c2cccnc2)ccc1=O)Nc1ccc(Cl)c(Cl)c1. The van der Waals surface area contributed by atoms with Gasteiger partial charge in [-0.15, -0.1) is 0 Å². The highest BCUT2D eigenvalue weighted by atomic mass is 35.5. The van der Waals surface area contributed by atoms with E-state index in [2.05, 4.69) is 15.4 Å². The third-order valence-electron chi connectivity index (χ3n) is 3.80. The van der Waals surface area contributed by atoms with Crippen LogP contribution in [0.25, 0.3) is 11.3 Å². The van der Waals surface area contributed by atoms with E-state index in [1.807, 2.05) is 6.07 Å². The van der Waals surface area contributed by atoms with Gasteiger partial charge in [-0.25, -0.2) is 4.68 Å². The van der Waals surface area contributed by atoms with Crippen LogP contribution in [0.4, 0.5) is 5.69 Å². The molecule has 0 radical (unpaired) electrons. The van der Waals surface area contributed by atoms with Gasteiger partial charge in [-0.05, 0) is 42.8 Å². The predicted octanol–water partition coefficient (Wildman–Crippen LogP) is 4.03. The zero-order valence-electron chi connectivity index (χ0n) is 14.2. The molecule has 138 valence electrons. The molecular formula is C19H16Cl2N4O2. The Kier molecular flexibility index (Phi) is 6.21. The highest BCUT2D eigenvalue weighted by molar-refractivity contribution is 6.42. The summed E-state index contributed by atoms with van der Waals surface area (Å²) in [5, 5.41) is 7.89. The topological polar surface area (TPSA) is 76.9 Å². The van der Waals surface area contributed by atoms with E-state index in [0.29, 0.717) is 34.4 Å². The first-order valence-electron chi connectivity index (χ1n) is 8.26. The van der Waals surface area contributed by atoms with Crippen molar-refractivity contribution in [2.24, 2.45) is 0 Å². The number of halogens is 2. The number of aryl methyl sites for hydroxylation is 1. The summed E-state index contributed by atoms with van der Waals surface area (Å²) in [5.41, 5.74) is 1.84. The Hall–Kier alpha value is -2.70. The number of pyridine rings is 1. The van der Waals surface area contributed by atoms with Gasteiger partial charge in [0.15, 0.2) is 0 Å². The van der Waals surface area contributed by atoms with Crippen molar-refractivity contribution in [3.63, 3.8) is 0 Å². The smallest absolute Gasteiger partial charge is 0.266 e. The largest absolute Gasteiger partial charge is 0.326 e. The minimum atomic E-state index is -0.215. The molecule has 2 aromatic heterocycles. The number of nitrogens with one attached hydrogen (secondary N) is 1. The number of nitrogens with zero attached hydrogens (tertiary/aromatic N) is 3. The van der Waals surface area contributed by atoms with Crippen LogP contribution < -0.4 is 10.9 Å². The van der Waals surface area contributed by atoms with Crippen LogP contribution in [0, 0.1) is 0 Å². The van der Waals surface area contributed by atoms with Crippen molar-refractivity contribution in [1.82, 2.24) is 14.8 Å². The standard InChI is InChI=1S/C19H16Cl2N4O2/c20-15-6-5-14(11-16(15)21)23-18(26)4-2-10-25-19(27)8-7-17(24-25)13-3-1-9-22-12-13/h1,3,5-9,11-12H,2,4,10H2,(H,23,26). The number of aromatic nitrogens is 3. The third-order valence-corrected chi connectivity index (χ3v) is 4.54. The molecule has 27 heavy (non-hydrogen) atoms. The first kappa shape index (κ1) is 19.1. The summed E-state index contributed by atoms with van der Waals surface area (Å²) in [5.74, 6) is -0.176. The molecule has 1 N–H and O–H groups in total. The van der Waals surface area contributed by atoms with Crippen molar-refractivity contribution in [3.05, 3.63) is 75.3 Å². The lowest BCUT2D eigenvalue weighted by Crippen LogP contribution is -2.23. The number of carbonyl (C=O) groups excluding carboxylic acids is 1. The molecule has 3 aromatic rings. The first-order valence-corrected chi connectivity index (χ1v) is 9.02. The molecule has 0 atom stereocenters. The van der Waals surface area contributed by atoms with Gasteiger partial charge in [0.2, 0.25) is 5.91 Å². The van der Waals surface area contributed by atoms with Gasteiger partial charge in [0, 0.05) is 42.7 Å². The molecule has 0 bridgehead atoms. The van der Waals surface area contributed by atoms with E-state index in [4.69, 9.17) is 23.2 Å². The number of carbonyl (C=O) groups is 1. The van der Waals surface area contributed by atoms with Crippen LogP contribution in [0.2, 0.25) is 10.0 Å². The number of hydrogen-bond donors (Lipinski definition) is 1. The molecule has 1 aromatic carbocycles. The maximum atomic E-state index is 12.1. The Labute approximate surface area is 165 Å². The summed E-state index contributed by atoms with van der Waals surface area (Å²) in [7, 11) is 0. The van der Waals surface area contributed by atoms with E-state index in [-0.39, 0.29) is 17.9 Å². The molecule has 3 rings (SSSR count). The molecule has 0 fully saturated rings. The summed E-state index contributed by atoms with van der Waals surface area (Å²) in [4.78, 5) is 28.1. The van der Waals surface area contributed by atoms with Crippen molar-refractivity contribution in [2.45, 2.75) is 19.4 Å². The quantitative estimate of drug-likeness (QED) is 0.674. The minimum Gasteiger partial charge on any atom is -0.326 e. The van der Waals surface area contributed by atoms with E-state index in [1.54, 1.807) is 42.7 Å². The molecule has 0 saturated carbocycles. The van der Waals surface area contributed by atoms with E-state index in [0.717, 1.165) is 5.56 Å². The highest BCUT2D eigenvalue weighted by Gasteiger charge is 2.07. The van der Waals surface area contributed by atoms with Crippen molar-refractivity contribution in [3.8, 4) is 11.3 Å². The zero-order valence-corrected chi connectivity index (χ0v) is 15.7. The van der Waals surface area contributed by atoms with Crippen molar-refractivity contribution in [1.29, 1.82) is 0 Å².